The van der Waals surface area contributed by atoms with Crippen LogP contribution >= 0.6 is 0 Å². The average Bonchev–Trinajstić information content (AvgIpc) is 3.68. The molecule has 1 saturated heterocycles. The number of H-pyrrole nitrogens is 2. The Bertz CT molecular complexity index is 1900. The number of nitrogens with one attached hydrogen (secondary N) is 3. The minimum atomic E-state index is -0.217. The van der Waals surface area contributed by atoms with Gasteiger partial charge in [-0.25, -0.2) is 9.97 Å². The molecule has 9 nitrogen and oxygen atoms in total. The van der Waals surface area contributed by atoms with Crippen molar-refractivity contribution in [2.75, 3.05) is 39.8 Å². The molecular weight excluding hydrogens is 548 g/mol. The van der Waals surface area contributed by atoms with Gasteiger partial charge in [-0.05, 0) is 87.9 Å². The Labute approximate surface area is 257 Å². The first-order chi connectivity index (χ1) is 21.4. The third-order valence-electron chi connectivity index (χ3n) is 9.00. The molecule has 1 amide bonds. The van der Waals surface area contributed by atoms with Crippen LogP contribution in [0.3, 0.4) is 0 Å². The number of aryl methyl sites for hydroxylation is 2. The van der Waals surface area contributed by atoms with E-state index in [0.717, 1.165) is 103 Å². The number of likely N-dealkylation sites (N-methyl/N-ethyl adjacent to an activating group) is 1. The number of carbonyl (C=O) groups excluding carboxylic acids is 1. The molecule has 1 unspecified atom stereocenters. The van der Waals surface area contributed by atoms with Gasteiger partial charge in [-0.15, -0.1) is 0 Å². The molecule has 1 fully saturated rings. The second kappa shape index (κ2) is 11.9. The molecule has 44 heavy (non-hydrogen) atoms. The van der Waals surface area contributed by atoms with E-state index in [0.29, 0.717) is 5.56 Å². The van der Waals surface area contributed by atoms with Crippen molar-refractivity contribution in [3.05, 3.63) is 76.5 Å². The van der Waals surface area contributed by atoms with Gasteiger partial charge in [0.25, 0.3) is 5.91 Å². The highest BCUT2D eigenvalue weighted by Gasteiger charge is 2.23. The lowest BCUT2D eigenvalue weighted by Crippen LogP contribution is -2.44. The van der Waals surface area contributed by atoms with E-state index in [-0.39, 0.29) is 11.9 Å². The predicted molar refractivity (Wildman–Crippen MR) is 173 cm³/mol. The van der Waals surface area contributed by atoms with Crippen LogP contribution in [-0.2, 0) is 12.8 Å². The van der Waals surface area contributed by atoms with Crippen molar-refractivity contribution in [3.63, 3.8) is 0 Å². The van der Waals surface area contributed by atoms with Crippen LogP contribution in [0, 0.1) is 18.8 Å². The van der Waals surface area contributed by atoms with E-state index in [4.69, 9.17) is 4.98 Å². The van der Waals surface area contributed by atoms with Gasteiger partial charge in [0.2, 0.25) is 0 Å². The maximum Gasteiger partial charge on any atom is 0.251 e. The van der Waals surface area contributed by atoms with E-state index in [1.807, 2.05) is 44.2 Å². The number of amides is 1. The van der Waals surface area contributed by atoms with E-state index >= 15 is 0 Å². The van der Waals surface area contributed by atoms with Crippen molar-refractivity contribution in [1.82, 2.24) is 40.3 Å². The standard InChI is InChI=1S/C35H38N8O/c1-22-21-36-34(37-22)23(2)38-35(44)25-12-10-24(11-13-25)33-27-8-5-4-7-26(27)31-28(39-33)14-15-30-32(31)29(40-41-30)9-6-16-43-19-17-42(3)18-20-43/h10-15,21,23H,4-5,7-8,16-20H2,1-3H3,(H,36,37)(H,38,44)(H,40,41). The van der Waals surface area contributed by atoms with Crippen LogP contribution in [0.1, 0.15) is 64.5 Å². The summed E-state index contributed by atoms with van der Waals surface area (Å²) in [5.74, 6) is 7.45. The summed E-state index contributed by atoms with van der Waals surface area (Å²) < 4.78 is 0. The first kappa shape index (κ1) is 28.3. The summed E-state index contributed by atoms with van der Waals surface area (Å²) in [5, 5.41) is 13.1. The molecule has 0 saturated carbocycles. The van der Waals surface area contributed by atoms with E-state index in [1.165, 1.54) is 16.5 Å². The van der Waals surface area contributed by atoms with Gasteiger partial charge in [0, 0.05) is 60.0 Å². The highest BCUT2D eigenvalue weighted by molar-refractivity contribution is 6.10. The highest BCUT2D eigenvalue weighted by Crippen LogP contribution is 2.38. The maximum atomic E-state index is 13.0. The highest BCUT2D eigenvalue weighted by atomic mass is 16.1. The number of nitrogens with zero attached hydrogens (tertiary/aromatic N) is 5. The van der Waals surface area contributed by atoms with Gasteiger partial charge in [0.1, 0.15) is 11.5 Å². The van der Waals surface area contributed by atoms with Gasteiger partial charge in [-0.2, -0.15) is 5.10 Å². The largest absolute Gasteiger partial charge is 0.344 e. The van der Waals surface area contributed by atoms with Crippen molar-refractivity contribution in [3.8, 4) is 23.1 Å². The first-order valence-corrected chi connectivity index (χ1v) is 15.6. The fraction of sp³-hybridized carbons (Fsp3) is 0.371. The predicted octanol–water partition coefficient (Wildman–Crippen LogP) is 4.78. The molecule has 2 aromatic carbocycles. The SMILES string of the molecule is Cc1cnc(C(C)NC(=O)c2ccc(-c3nc4ccc5n[nH]c(C#CCN6CCN(C)CC6)c5c4c4c3CCCC4)cc2)[nH]1. The number of fused-ring (bicyclic) bond motifs is 5. The number of rotatable bonds is 5. The van der Waals surface area contributed by atoms with Crippen molar-refractivity contribution < 1.29 is 4.79 Å². The van der Waals surface area contributed by atoms with E-state index in [9.17, 15) is 4.79 Å². The average molecular weight is 587 g/mol. The van der Waals surface area contributed by atoms with Crippen LogP contribution in [0.4, 0.5) is 0 Å². The Morgan fingerprint density at radius 1 is 1.00 bits per heavy atom. The van der Waals surface area contributed by atoms with Crippen LogP contribution in [0.15, 0.2) is 42.6 Å². The molecule has 224 valence electrons. The Morgan fingerprint density at radius 2 is 1.75 bits per heavy atom. The molecule has 3 N–H and O–H groups in total. The molecule has 0 bridgehead atoms. The van der Waals surface area contributed by atoms with Crippen molar-refractivity contribution in [2.24, 2.45) is 0 Å². The van der Waals surface area contributed by atoms with Crippen molar-refractivity contribution >= 4 is 27.7 Å². The van der Waals surface area contributed by atoms with Crippen LogP contribution < -0.4 is 5.32 Å². The van der Waals surface area contributed by atoms with E-state index < -0.39 is 0 Å². The molecule has 2 aliphatic rings. The molecule has 1 aliphatic heterocycles. The Morgan fingerprint density at radius 3 is 2.50 bits per heavy atom. The lowest BCUT2D eigenvalue weighted by Gasteiger charge is -2.30. The minimum absolute atomic E-state index is 0.129. The smallest absolute Gasteiger partial charge is 0.251 e. The van der Waals surface area contributed by atoms with Crippen molar-refractivity contribution in [2.45, 2.75) is 45.6 Å². The third-order valence-corrected chi connectivity index (χ3v) is 9.00. The second-order valence-corrected chi connectivity index (χ2v) is 12.2. The molecule has 0 radical (unpaired) electrons. The number of imidazole rings is 1. The number of benzene rings is 2. The van der Waals surface area contributed by atoms with E-state index in [2.05, 4.69) is 60.2 Å². The lowest BCUT2D eigenvalue weighted by molar-refractivity contribution is 0.0938. The summed E-state index contributed by atoms with van der Waals surface area (Å²) in [6.45, 7) is 8.90. The van der Waals surface area contributed by atoms with Gasteiger partial charge in [0.05, 0.1) is 29.3 Å². The van der Waals surface area contributed by atoms with Gasteiger partial charge < -0.3 is 15.2 Å². The zero-order valence-electron chi connectivity index (χ0n) is 25.6. The number of aromatic nitrogens is 5. The van der Waals surface area contributed by atoms with Gasteiger partial charge in [0.15, 0.2) is 0 Å². The fourth-order valence-corrected chi connectivity index (χ4v) is 6.48. The maximum absolute atomic E-state index is 13.0. The lowest BCUT2D eigenvalue weighted by atomic mass is 9.85. The summed E-state index contributed by atoms with van der Waals surface area (Å²) in [7, 11) is 2.17. The quantitative estimate of drug-likeness (QED) is 0.256. The van der Waals surface area contributed by atoms with Crippen molar-refractivity contribution in [1.29, 1.82) is 0 Å². The monoisotopic (exact) mass is 586 g/mol. The summed E-state index contributed by atoms with van der Waals surface area (Å²) in [6.07, 6.45) is 6.04. The van der Waals surface area contributed by atoms with Crippen LogP contribution in [-0.4, -0.2) is 80.6 Å². The third kappa shape index (κ3) is 5.47. The summed E-state index contributed by atoms with van der Waals surface area (Å²) in [6, 6.07) is 11.7. The summed E-state index contributed by atoms with van der Waals surface area (Å²) >= 11 is 0. The van der Waals surface area contributed by atoms with Gasteiger partial charge in [-0.3, -0.25) is 14.8 Å². The number of piperazine rings is 1. The molecule has 9 heteroatoms. The Hall–Kier alpha value is -4.52. The summed E-state index contributed by atoms with van der Waals surface area (Å²) in [4.78, 5) is 30.6. The molecule has 3 aromatic heterocycles. The van der Waals surface area contributed by atoms with Gasteiger partial charge in [-0.1, -0.05) is 18.1 Å². The normalized spacial score (nSPS) is 16.4. The topological polar surface area (TPSA) is 106 Å². The first-order valence-electron chi connectivity index (χ1n) is 15.6. The van der Waals surface area contributed by atoms with Crippen LogP contribution in [0.5, 0.6) is 0 Å². The second-order valence-electron chi connectivity index (χ2n) is 12.2. The zero-order valence-corrected chi connectivity index (χ0v) is 25.6. The summed E-state index contributed by atoms with van der Waals surface area (Å²) in [5.41, 5.74) is 9.02. The van der Waals surface area contributed by atoms with Crippen LogP contribution in [0.2, 0.25) is 0 Å². The molecule has 4 heterocycles. The van der Waals surface area contributed by atoms with Crippen LogP contribution in [0.25, 0.3) is 33.1 Å². The Balaban J connectivity index is 1.20. The van der Waals surface area contributed by atoms with Gasteiger partial charge >= 0.3 is 0 Å². The number of hydrogen-bond donors (Lipinski definition) is 3. The Kier molecular flexibility index (Phi) is 7.62. The minimum Gasteiger partial charge on any atom is -0.344 e. The molecule has 5 aromatic rings. The molecular formula is C35H38N8O. The number of carbonyl (C=O) groups is 1. The fourth-order valence-electron chi connectivity index (χ4n) is 6.48. The molecule has 7 rings (SSSR count). The molecule has 1 atom stereocenters. The number of pyridine rings is 1. The number of hydrogen-bond acceptors (Lipinski definition) is 6. The zero-order chi connectivity index (χ0) is 30.2. The molecule has 0 spiro atoms. The van der Waals surface area contributed by atoms with E-state index in [1.54, 1.807) is 6.20 Å². The number of aromatic amines is 2. The molecule has 1 aliphatic carbocycles.